The second kappa shape index (κ2) is 5.51. The highest BCUT2D eigenvalue weighted by Crippen LogP contribution is 2.20. The molecule has 20 heavy (non-hydrogen) atoms. The molecule has 2 aromatic heterocycles. The van der Waals surface area contributed by atoms with Crippen LogP contribution in [0.4, 0.5) is 0 Å². The van der Waals surface area contributed by atoms with E-state index in [1.54, 1.807) is 12.4 Å². The number of rotatable bonds is 4. The van der Waals surface area contributed by atoms with Crippen LogP contribution in [0, 0.1) is 0 Å². The zero-order valence-corrected chi connectivity index (χ0v) is 12.0. The summed E-state index contributed by atoms with van der Waals surface area (Å²) in [5.74, 6) is 1.74. The Hall–Kier alpha value is -2.07. The van der Waals surface area contributed by atoms with E-state index in [9.17, 15) is 0 Å². The molecule has 0 unspecified atom stereocenters. The third kappa shape index (κ3) is 2.34. The number of aryl methyl sites for hydroxylation is 1. The fourth-order valence-electron chi connectivity index (χ4n) is 2.22. The zero-order chi connectivity index (χ0) is 13.9. The molecular formula is C15H15ClN4. The van der Waals surface area contributed by atoms with Crippen LogP contribution < -0.4 is 0 Å². The van der Waals surface area contributed by atoms with Gasteiger partial charge >= 0.3 is 0 Å². The molecule has 0 fully saturated rings. The Morgan fingerprint density at radius 1 is 1.00 bits per heavy atom. The summed E-state index contributed by atoms with van der Waals surface area (Å²) in [6, 6.07) is 7.86. The molecule has 0 spiro atoms. The Morgan fingerprint density at radius 2 is 1.65 bits per heavy atom. The summed E-state index contributed by atoms with van der Waals surface area (Å²) in [5, 5.41) is 0.769. The summed E-state index contributed by atoms with van der Waals surface area (Å²) in [6.45, 7) is 3.65. The van der Waals surface area contributed by atoms with E-state index < -0.39 is 0 Å². The Kier molecular flexibility index (Phi) is 3.56. The lowest BCUT2D eigenvalue weighted by Crippen LogP contribution is -2.05. The highest BCUT2D eigenvalue weighted by molar-refractivity contribution is 6.31. The normalized spacial score (nSPS) is 10.9. The van der Waals surface area contributed by atoms with E-state index in [1.807, 2.05) is 36.7 Å². The lowest BCUT2D eigenvalue weighted by molar-refractivity contribution is 0.740. The lowest BCUT2D eigenvalue weighted by Gasteiger charge is -2.10. The van der Waals surface area contributed by atoms with Gasteiger partial charge in [0.25, 0.3) is 0 Å². The molecule has 0 saturated carbocycles. The monoisotopic (exact) mass is 286 g/mol. The predicted octanol–water partition coefficient (Wildman–Crippen LogP) is 3.47. The van der Waals surface area contributed by atoms with Crippen LogP contribution in [0.3, 0.4) is 0 Å². The van der Waals surface area contributed by atoms with Crippen LogP contribution in [0.5, 0.6) is 0 Å². The molecule has 0 saturated heterocycles. The van der Waals surface area contributed by atoms with Gasteiger partial charge in [-0.2, -0.15) is 0 Å². The molecule has 3 aromatic rings. The van der Waals surface area contributed by atoms with E-state index in [2.05, 4.69) is 26.0 Å². The van der Waals surface area contributed by atoms with Gasteiger partial charge in [0.05, 0.1) is 6.54 Å². The molecule has 0 N–H and O–H groups in total. The minimum Gasteiger partial charge on any atom is -0.329 e. The van der Waals surface area contributed by atoms with Crippen LogP contribution in [0.15, 0.2) is 49.1 Å². The first-order chi connectivity index (χ1) is 9.79. The molecule has 0 aliphatic rings. The molecule has 0 bridgehead atoms. The fourth-order valence-corrected chi connectivity index (χ4v) is 2.42. The number of aromatic nitrogens is 4. The molecule has 0 atom stereocenters. The van der Waals surface area contributed by atoms with E-state index in [0.29, 0.717) is 6.54 Å². The lowest BCUT2D eigenvalue weighted by atomic mass is 10.2. The van der Waals surface area contributed by atoms with Gasteiger partial charge in [0.2, 0.25) is 0 Å². The first-order valence-electron chi connectivity index (χ1n) is 6.55. The van der Waals surface area contributed by atoms with Crippen LogP contribution in [0.1, 0.15) is 12.5 Å². The summed E-state index contributed by atoms with van der Waals surface area (Å²) < 4.78 is 4.14. The van der Waals surface area contributed by atoms with Crippen molar-refractivity contribution in [2.75, 3.05) is 0 Å². The maximum absolute atomic E-state index is 6.22. The van der Waals surface area contributed by atoms with Crippen molar-refractivity contribution in [2.45, 2.75) is 20.0 Å². The maximum atomic E-state index is 6.22. The van der Waals surface area contributed by atoms with Gasteiger partial charge in [-0.05, 0) is 18.6 Å². The molecule has 4 nitrogen and oxygen atoms in total. The van der Waals surface area contributed by atoms with Crippen LogP contribution in [-0.2, 0) is 13.1 Å². The van der Waals surface area contributed by atoms with Gasteiger partial charge in [0, 0.05) is 36.4 Å². The maximum Gasteiger partial charge on any atom is 0.176 e. The number of hydrogen-bond acceptors (Lipinski definition) is 2. The smallest absolute Gasteiger partial charge is 0.176 e. The topological polar surface area (TPSA) is 35.6 Å². The quantitative estimate of drug-likeness (QED) is 0.736. The zero-order valence-electron chi connectivity index (χ0n) is 11.2. The van der Waals surface area contributed by atoms with Crippen molar-refractivity contribution in [3.63, 3.8) is 0 Å². The van der Waals surface area contributed by atoms with Crippen molar-refractivity contribution in [3.05, 3.63) is 59.6 Å². The highest BCUT2D eigenvalue weighted by Gasteiger charge is 2.12. The van der Waals surface area contributed by atoms with Gasteiger partial charge in [0.15, 0.2) is 11.6 Å². The summed E-state index contributed by atoms with van der Waals surface area (Å²) in [5.41, 5.74) is 1.07. The van der Waals surface area contributed by atoms with Gasteiger partial charge in [-0.1, -0.05) is 29.8 Å². The van der Waals surface area contributed by atoms with Crippen LogP contribution in [0.2, 0.25) is 5.02 Å². The third-order valence-corrected chi connectivity index (χ3v) is 3.64. The van der Waals surface area contributed by atoms with Crippen molar-refractivity contribution in [1.82, 2.24) is 19.1 Å². The highest BCUT2D eigenvalue weighted by atomic mass is 35.5. The molecule has 102 valence electrons. The number of benzene rings is 1. The van der Waals surface area contributed by atoms with E-state index in [-0.39, 0.29) is 0 Å². The average Bonchev–Trinajstić information content (AvgIpc) is 3.09. The van der Waals surface area contributed by atoms with Crippen LogP contribution >= 0.6 is 11.6 Å². The predicted molar refractivity (Wildman–Crippen MR) is 79.7 cm³/mol. The summed E-state index contributed by atoms with van der Waals surface area (Å²) in [4.78, 5) is 8.83. The molecule has 3 rings (SSSR count). The van der Waals surface area contributed by atoms with Crippen molar-refractivity contribution in [3.8, 4) is 11.6 Å². The van der Waals surface area contributed by atoms with Crippen molar-refractivity contribution in [1.29, 1.82) is 0 Å². The fraction of sp³-hybridized carbons (Fsp3) is 0.200. The number of halogens is 1. The van der Waals surface area contributed by atoms with Gasteiger partial charge < -0.3 is 9.13 Å². The molecule has 2 heterocycles. The van der Waals surface area contributed by atoms with Gasteiger partial charge in [-0.15, -0.1) is 0 Å². The summed E-state index contributed by atoms with van der Waals surface area (Å²) in [6.07, 6.45) is 7.51. The first-order valence-corrected chi connectivity index (χ1v) is 6.93. The number of hydrogen-bond donors (Lipinski definition) is 0. The summed E-state index contributed by atoms with van der Waals surface area (Å²) >= 11 is 6.22. The minimum atomic E-state index is 0.686. The molecule has 1 aromatic carbocycles. The van der Waals surface area contributed by atoms with Crippen LogP contribution in [0.25, 0.3) is 11.6 Å². The standard InChI is InChI=1S/C15H15ClN4/c1-2-19-9-7-17-14(19)15-18-8-10-20(15)11-12-5-3-4-6-13(12)16/h3-10H,2,11H2,1H3. The largest absolute Gasteiger partial charge is 0.329 e. The third-order valence-electron chi connectivity index (χ3n) is 3.27. The molecule has 0 amide bonds. The van der Waals surface area contributed by atoms with Gasteiger partial charge in [-0.25, -0.2) is 9.97 Å². The van der Waals surface area contributed by atoms with Gasteiger partial charge in [0.1, 0.15) is 0 Å². The Bertz CT molecular complexity index is 714. The molecule has 5 heteroatoms. The number of nitrogens with zero attached hydrogens (tertiary/aromatic N) is 4. The first kappa shape index (κ1) is 12.9. The van der Waals surface area contributed by atoms with E-state index >= 15 is 0 Å². The number of imidazole rings is 2. The molecule has 0 aliphatic carbocycles. The Balaban J connectivity index is 1.97. The van der Waals surface area contributed by atoms with Crippen molar-refractivity contribution in [2.24, 2.45) is 0 Å². The van der Waals surface area contributed by atoms with E-state index in [4.69, 9.17) is 11.6 Å². The minimum absolute atomic E-state index is 0.686. The average molecular weight is 287 g/mol. The summed E-state index contributed by atoms with van der Waals surface area (Å²) in [7, 11) is 0. The molecular weight excluding hydrogens is 272 g/mol. The van der Waals surface area contributed by atoms with Crippen LogP contribution in [-0.4, -0.2) is 19.1 Å². The molecule has 0 radical (unpaired) electrons. The Labute approximate surface area is 122 Å². The molecule has 0 aliphatic heterocycles. The second-order valence-corrected chi connectivity index (χ2v) is 4.91. The van der Waals surface area contributed by atoms with E-state index in [0.717, 1.165) is 28.8 Å². The van der Waals surface area contributed by atoms with Crippen molar-refractivity contribution < 1.29 is 0 Å². The van der Waals surface area contributed by atoms with Gasteiger partial charge in [-0.3, -0.25) is 0 Å². The van der Waals surface area contributed by atoms with Crippen molar-refractivity contribution >= 4 is 11.6 Å². The van der Waals surface area contributed by atoms with E-state index in [1.165, 1.54) is 0 Å². The SMILES string of the molecule is CCn1ccnc1-c1nccn1Cc1ccccc1Cl. The Morgan fingerprint density at radius 3 is 2.35 bits per heavy atom. The second-order valence-electron chi connectivity index (χ2n) is 4.51.